The molecule has 2 heterocycles. The Morgan fingerprint density at radius 2 is 1.96 bits per heavy atom. The summed E-state index contributed by atoms with van der Waals surface area (Å²) in [4.78, 5) is 18.6. The normalized spacial score (nSPS) is 13.9. The van der Waals surface area contributed by atoms with E-state index in [1.54, 1.807) is 6.07 Å². The number of carbonyl (C=O) groups excluding carboxylic acids is 1. The van der Waals surface area contributed by atoms with Crippen molar-refractivity contribution in [3.8, 4) is 0 Å². The van der Waals surface area contributed by atoms with Crippen molar-refractivity contribution in [2.45, 2.75) is 6.42 Å². The van der Waals surface area contributed by atoms with Gasteiger partial charge in [-0.25, -0.2) is 9.78 Å². The fourth-order valence-corrected chi connectivity index (χ4v) is 2.93. The van der Waals surface area contributed by atoms with E-state index in [9.17, 15) is 4.79 Å². The van der Waals surface area contributed by atoms with Crippen molar-refractivity contribution < 1.29 is 9.53 Å². The predicted octanol–water partition coefficient (Wildman–Crippen LogP) is 2.97. The molecule has 25 heavy (non-hydrogen) atoms. The number of carbonyl (C=O) groups is 1. The van der Waals surface area contributed by atoms with Gasteiger partial charge in [-0.1, -0.05) is 41.9 Å². The van der Waals surface area contributed by atoms with Crippen molar-refractivity contribution in [3.05, 3.63) is 58.7 Å². The minimum Gasteiger partial charge on any atom is -0.462 e. The lowest BCUT2D eigenvalue weighted by Gasteiger charge is -2.29. The molecule has 7 heteroatoms. The van der Waals surface area contributed by atoms with Crippen LogP contribution in [0.5, 0.6) is 0 Å². The molecule has 0 radical (unpaired) electrons. The Bertz CT molecular complexity index is 692. The molecular weight excluding hydrogens is 361 g/mol. The molecule has 1 aromatic carbocycles. The quantitative estimate of drug-likeness (QED) is 0.806. The van der Waals surface area contributed by atoms with Crippen LogP contribution in [0.1, 0.15) is 15.9 Å². The van der Waals surface area contributed by atoms with Gasteiger partial charge in [0.05, 0.1) is 17.2 Å². The van der Waals surface area contributed by atoms with E-state index in [4.69, 9.17) is 16.3 Å². The molecule has 1 aliphatic rings. The highest BCUT2D eigenvalue weighted by Crippen LogP contribution is 2.24. The number of rotatable bonds is 5. The van der Waals surface area contributed by atoms with Gasteiger partial charge in [-0.2, -0.15) is 0 Å². The van der Waals surface area contributed by atoms with E-state index in [2.05, 4.69) is 15.2 Å². The van der Waals surface area contributed by atoms with Gasteiger partial charge in [0, 0.05) is 38.8 Å². The zero-order valence-electron chi connectivity index (χ0n) is 13.8. The van der Waals surface area contributed by atoms with Gasteiger partial charge in [-0.05, 0) is 11.6 Å². The number of pyridine rings is 1. The Kier molecular flexibility index (Phi) is 7.50. The number of halogens is 2. The third-order valence-corrected chi connectivity index (χ3v) is 4.22. The largest absolute Gasteiger partial charge is 0.462 e. The number of esters is 1. The van der Waals surface area contributed by atoms with Crippen LogP contribution >= 0.6 is 24.0 Å². The van der Waals surface area contributed by atoms with Crippen LogP contribution in [0.4, 0.5) is 5.82 Å². The number of ether oxygens (including phenoxy) is 1. The zero-order valence-corrected chi connectivity index (χ0v) is 15.4. The molecule has 1 N–H and O–H groups in total. The molecule has 0 saturated carbocycles. The van der Waals surface area contributed by atoms with Crippen LogP contribution in [0, 0.1) is 0 Å². The summed E-state index contributed by atoms with van der Waals surface area (Å²) in [6.07, 6.45) is 2.22. The highest BCUT2D eigenvalue weighted by atomic mass is 35.5. The lowest BCUT2D eigenvalue weighted by molar-refractivity contribution is 0.0509. The molecule has 1 fully saturated rings. The average molecular weight is 382 g/mol. The topological polar surface area (TPSA) is 54.5 Å². The van der Waals surface area contributed by atoms with Crippen LogP contribution in [0.25, 0.3) is 0 Å². The number of hydrogen-bond acceptors (Lipinski definition) is 5. The van der Waals surface area contributed by atoms with Gasteiger partial charge in [-0.3, -0.25) is 0 Å². The van der Waals surface area contributed by atoms with E-state index >= 15 is 0 Å². The summed E-state index contributed by atoms with van der Waals surface area (Å²) in [6.45, 7) is 3.85. The summed E-state index contributed by atoms with van der Waals surface area (Å²) in [6, 6.07) is 11.5. The maximum atomic E-state index is 12.1. The summed E-state index contributed by atoms with van der Waals surface area (Å²) in [7, 11) is 0. The second-order valence-electron chi connectivity index (χ2n) is 5.64. The average Bonchev–Trinajstić information content (AvgIpc) is 2.63. The number of hydrogen-bond donors (Lipinski definition) is 1. The molecule has 0 amide bonds. The van der Waals surface area contributed by atoms with Gasteiger partial charge in [-0.15, -0.1) is 12.4 Å². The molecule has 1 aliphatic heterocycles. The third-order valence-electron chi connectivity index (χ3n) is 3.94. The second-order valence-corrected chi connectivity index (χ2v) is 6.05. The molecule has 1 saturated heterocycles. The van der Waals surface area contributed by atoms with Crippen LogP contribution in [0.15, 0.2) is 42.6 Å². The first-order valence-electron chi connectivity index (χ1n) is 8.06. The van der Waals surface area contributed by atoms with Gasteiger partial charge in [0.1, 0.15) is 5.82 Å². The van der Waals surface area contributed by atoms with E-state index < -0.39 is 5.97 Å². The fourth-order valence-electron chi connectivity index (χ4n) is 2.64. The predicted molar refractivity (Wildman–Crippen MR) is 102 cm³/mol. The van der Waals surface area contributed by atoms with Crippen LogP contribution in [-0.2, 0) is 11.2 Å². The standard InChI is InChI=1S/C18H20ClN3O2.ClH/c19-16-12-15(13-21-17(16)22-9-7-20-8-10-22)18(23)24-11-6-14-4-2-1-3-5-14;/h1-5,12-13,20H,6-11H2;1H. The number of benzene rings is 1. The molecule has 0 unspecified atom stereocenters. The first-order chi connectivity index (χ1) is 11.7. The van der Waals surface area contributed by atoms with Crippen LogP contribution < -0.4 is 10.2 Å². The Labute approximate surface area is 158 Å². The summed E-state index contributed by atoms with van der Waals surface area (Å²) < 4.78 is 5.31. The number of piperazine rings is 1. The number of anilines is 1. The van der Waals surface area contributed by atoms with E-state index in [0.29, 0.717) is 23.6 Å². The van der Waals surface area contributed by atoms with Crippen molar-refractivity contribution in [1.82, 2.24) is 10.3 Å². The molecule has 2 aromatic rings. The Morgan fingerprint density at radius 3 is 2.64 bits per heavy atom. The monoisotopic (exact) mass is 381 g/mol. The van der Waals surface area contributed by atoms with E-state index in [0.717, 1.165) is 37.6 Å². The Morgan fingerprint density at radius 1 is 1.24 bits per heavy atom. The Balaban J connectivity index is 0.00000225. The van der Waals surface area contributed by atoms with Gasteiger partial charge >= 0.3 is 5.97 Å². The molecule has 5 nitrogen and oxygen atoms in total. The minimum atomic E-state index is -0.396. The molecular formula is C18H21Cl2N3O2. The maximum absolute atomic E-state index is 12.1. The summed E-state index contributed by atoms with van der Waals surface area (Å²) >= 11 is 6.30. The highest BCUT2D eigenvalue weighted by molar-refractivity contribution is 6.33. The van der Waals surface area contributed by atoms with Crippen molar-refractivity contribution in [2.75, 3.05) is 37.7 Å². The molecule has 0 atom stereocenters. The number of nitrogens with one attached hydrogen (secondary N) is 1. The lowest BCUT2D eigenvalue weighted by atomic mass is 10.2. The van der Waals surface area contributed by atoms with Crippen molar-refractivity contribution in [3.63, 3.8) is 0 Å². The third kappa shape index (κ3) is 5.33. The first kappa shape index (κ1) is 19.5. The molecule has 3 rings (SSSR count). The van der Waals surface area contributed by atoms with Gasteiger partial charge < -0.3 is 15.0 Å². The molecule has 1 aromatic heterocycles. The van der Waals surface area contributed by atoms with Crippen LogP contribution in [0.2, 0.25) is 5.02 Å². The van der Waals surface area contributed by atoms with Crippen molar-refractivity contribution in [1.29, 1.82) is 0 Å². The number of nitrogens with zero attached hydrogens (tertiary/aromatic N) is 2. The molecule has 0 aliphatic carbocycles. The van der Waals surface area contributed by atoms with Gasteiger partial charge in [0.2, 0.25) is 0 Å². The second kappa shape index (κ2) is 9.61. The van der Waals surface area contributed by atoms with E-state index in [1.165, 1.54) is 6.20 Å². The summed E-state index contributed by atoms with van der Waals surface area (Å²) in [5, 5.41) is 3.76. The van der Waals surface area contributed by atoms with E-state index in [1.807, 2.05) is 30.3 Å². The summed E-state index contributed by atoms with van der Waals surface area (Å²) in [5.74, 6) is 0.325. The smallest absolute Gasteiger partial charge is 0.339 e. The van der Waals surface area contributed by atoms with Crippen molar-refractivity contribution >= 4 is 35.8 Å². The highest BCUT2D eigenvalue weighted by Gasteiger charge is 2.17. The van der Waals surface area contributed by atoms with Gasteiger partial charge in [0.15, 0.2) is 0 Å². The first-order valence-corrected chi connectivity index (χ1v) is 8.44. The summed E-state index contributed by atoms with van der Waals surface area (Å²) in [5.41, 5.74) is 1.52. The Hall–Kier alpha value is -1.82. The number of aromatic nitrogens is 1. The van der Waals surface area contributed by atoms with Gasteiger partial charge in [0.25, 0.3) is 0 Å². The minimum absolute atomic E-state index is 0. The maximum Gasteiger partial charge on any atom is 0.339 e. The molecule has 0 spiro atoms. The van der Waals surface area contributed by atoms with Crippen molar-refractivity contribution in [2.24, 2.45) is 0 Å². The van der Waals surface area contributed by atoms with E-state index in [-0.39, 0.29) is 12.4 Å². The zero-order chi connectivity index (χ0) is 16.8. The lowest BCUT2D eigenvalue weighted by Crippen LogP contribution is -2.44. The fraction of sp³-hybridized carbons (Fsp3) is 0.333. The molecule has 0 bridgehead atoms. The van der Waals surface area contributed by atoms with Crippen LogP contribution in [0.3, 0.4) is 0 Å². The molecule has 134 valence electrons. The SMILES string of the molecule is Cl.O=C(OCCc1ccccc1)c1cnc(N2CCNCC2)c(Cl)c1. The van der Waals surface area contributed by atoms with Crippen LogP contribution in [-0.4, -0.2) is 43.7 Å².